The van der Waals surface area contributed by atoms with Crippen LogP contribution in [0.4, 0.5) is 4.39 Å². The Kier molecular flexibility index (Phi) is 4.02. The fourth-order valence-corrected chi connectivity index (χ4v) is 1.99. The predicted molar refractivity (Wildman–Crippen MR) is 67.4 cm³/mol. The number of nitrogens with zero attached hydrogens (tertiary/aromatic N) is 1. The molecule has 0 aliphatic carbocycles. The highest BCUT2D eigenvalue weighted by Gasteiger charge is 2.23. The third-order valence-corrected chi connectivity index (χ3v) is 2.99. The van der Waals surface area contributed by atoms with E-state index in [2.05, 4.69) is 4.98 Å². The van der Waals surface area contributed by atoms with Crippen molar-refractivity contribution in [2.24, 2.45) is 5.73 Å². The van der Waals surface area contributed by atoms with Gasteiger partial charge in [-0.2, -0.15) is 0 Å². The number of hydrogen-bond acceptors (Lipinski definition) is 3. The molecule has 0 amide bonds. The van der Waals surface area contributed by atoms with Crippen LogP contribution in [0.2, 0.25) is 0 Å². The molecule has 0 aliphatic rings. The summed E-state index contributed by atoms with van der Waals surface area (Å²) in [6, 6.07) is 9.75. The molecule has 2 unspecified atom stereocenters. The number of aliphatic hydroxyl groups is 1. The van der Waals surface area contributed by atoms with Gasteiger partial charge in [0.1, 0.15) is 5.82 Å². The molecule has 3 N–H and O–H groups in total. The molecule has 1 heterocycles. The first-order valence-electron chi connectivity index (χ1n) is 5.76. The number of hydrogen-bond donors (Lipinski definition) is 2. The van der Waals surface area contributed by atoms with E-state index in [4.69, 9.17) is 5.73 Å². The fourth-order valence-electron chi connectivity index (χ4n) is 1.99. The molecule has 0 radical (unpaired) electrons. The summed E-state index contributed by atoms with van der Waals surface area (Å²) in [5, 5.41) is 10.3. The molecule has 1 aromatic heterocycles. The Balaban J connectivity index is 2.32. The molecule has 94 valence electrons. The van der Waals surface area contributed by atoms with E-state index in [0.717, 1.165) is 5.56 Å². The number of aromatic nitrogens is 1. The standard InChI is InChI=1S/C14H15FN2O/c15-13-4-2-1-3-11(13)14(18)12(9-16)10-5-7-17-8-6-10/h1-8,12,14,18H,9,16H2. The molecule has 0 saturated heterocycles. The maximum absolute atomic E-state index is 13.6. The van der Waals surface area contributed by atoms with E-state index in [0.29, 0.717) is 0 Å². The van der Waals surface area contributed by atoms with Crippen molar-refractivity contribution in [3.8, 4) is 0 Å². The van der Waals surface area contributed by atoms with Crippen molar-refractivity contribution in [2.75, 3.05) is 6.54 Å². The first-order chi connectivity index (χ1) is 8.74. The van der Waals surface area contributed by atoms with Crippen LogP contribution in [0.3, 0.4) is 0 Å². The number of nitrogens with two attached hydrogens (primary N) is 1. The third-order valence-electron chi connectivity index (χ3n) is 2.99. The smallest absolute Gasteiger partial charge is 0.129 e. The Morgan fingerprint density at radius 1 is 1.17 bits per heavy atom. The zero-order chi connectivity index (χ0) is 13.0. The molecule has 0 spiro atoms. The van der Waals surface area contributed by atoms with Crippen molar-refractivity contribution in [3.05, 3.63) is 65.7 Å². The summed E-state index contributed by atoms with van der Waals surface area (Å²) in [6.07, 6.45) is 2.30. The van der Waals surface area contributed by atoms with Crippen LogP contribution in [-0.2, 0) is 0 Å². The normalized spacial score (nSPS) is 14.2. The summed E-state index contributed by atoms with van der Waals surface area (Å²) >= 11 is 0. The average molecular weight is 246 g/mol. The molecule has 1 aromatic carbocycles. The third kappa shape index (κ3) is 2.55. The van der Waals surface area contributed by atoms with Crippen molar-refractivity contribution >= 4 is 0 Å². The van der Waals surface area contributed by atoms with Crippen molar-refractivity contribution in [1.82, 2.24) is 4.98 Å². The largest absolute Gasteiger partial charge is 0.388 e. The van der Waals surface area contributed by atoms with Crippen LogP contribution in [-0.4, -0.2) is 16.6 Å². The van der Waals surface area contributed by atoms with Crippen LogP contribution in [0.5, 0.6) is 0 Å². The summed E-state index contributed by atoms with van der Waals surface area (Å²) < 4.78 is 13.6. The molecule has 2 atom stereocenters. The molecule has 0 bridgehead atoms. The van der Waals surface area contributed by atoms with E-state index >= 15 is 0 Å². The van der Waals surface area contributed by atoms with E-state index in [1.54, 1.807) is 42.7 Å². The van der Waals surface area contributed by atoms with Gasteiger partial charge in [-0.05, 0) is 23.8 Å². The van der Waals surface area contributed by atoms with Crippen LogP contribution >= 0.6 is 0 Å². The van der Waals surface area contributed by atoms with Gasteiger partial charge in [-0.25, -0.2) is 4.39 Å². The quantitative estimate of drug-likeness (QED) is 0.867. The Morgan fingerprint density at radius 2 is 1.83 bits per heavy atom. The Labute approximate surface area is 105 Å². The molecule has 0 fully saturated rings. The highest BCUT2D eigenvalue weighted by molar-refractivity contribution is 5.26. The lowest BCUT2D eigenvalue weighted by molar-refractivity contribution is 0.143. The molecule has 2 rings (SSSR count). The van der Waals surface area contributed by atoms with E-state index in [-0.39, 0.29) is 18.0 Å². The van der Waals surface area contributed by atoms with Gasteiger partial charge < -0.3 is 10.8 Å². The summed E-state index contributed by atoms with van der Waals surface area (Å²) in [4.78, 5) is 3.92. The lowest BCUT2D eigenvalue weighted by atomic mass is 9.89. The zero-order valence-corrected chi connectivity index (χ0v) is 9.83. The van der Waals surface area contributed by atoms with Crippen LogP contribution in [0.1, 0.15) is 23.1 Å². The first-order valence-corrected chi connectivity index (χ1v) is 5.76. The number of rotatable bonds is 4. The second kappa shape index (κ2) is 5.71. The number of halogens is 1. The molecular formula is C14H15FN2O. The van der Waals surface area contributed by atoms with Gasteiger partial charge in [0.25, 0.3) is 0 Å². The minimum Gasteiger partial charge on any atom is -0.388 e. The van der Waals surface area contributed by atoms with Crippen molar-refractivity contribution in [2.45, 2.75) is 12.0 Å². The average Bonchev–Trinajstić information content (AvgIpc) is 2.41. The molecular weight excluding hydrogens is 231 g/mol. The molecule has 2 aromatic rings. The van der Waals surface area contributed by atoms with Crippen LogP contribution in [0.25, 0.3) is 0 Å². The van der Waals surface area contributed by atoms with Crippen LogP contribution < -0.4 is 5.73 Å². The van der Waals surface area contributed by atoms with Crippen LogP contribution in [0.15, 0.2) is 48.8 Å². The Hall–Kier alpha value is -1.78. The lowest BCUT2D eigenvalue weighted by Crippen LogP contribution is -2.21. The van der Waals surface area contributed by atoms with E-state index in [9.17, 15) is 9.50 Å². The topological polar surface area (TPSA) is 59.1 Å². The van der Waals surface area contributed by atoms with Crippen molar-refractivity contribution in [3.63, 3.8) is 0 Å². The van der Waals surface area contributed by atoms with Crippen molar-refractivity contribution < 1.29 is 9.50 Å². The SMILES string of the molecule is NCC(c1ccncc1)C(O)c1ccccc1F. The fraction of sp³-hybridized carbons (Fsp3) is 0.214. The maximum Gasteiger partial charge on any atom is 0.129 e. The number of pyridine rings is 1. The summed E-state index contributed by atoms with van der Waals surface area (Å²) in [7, 11) is 0. The van der Waals surface area contributed by atoms with Gasteiger partial charge in [-0.15, -0.1) is 0 Å². The van der Waals surface area contributed by atoms with Gasteiger partial charge in [0.2, 0.25) is 0 Å². The summed E-state index contributed by atoms with van der Waals surface area (Å²) in [6.45, 7) is 0.236. The Bertz CT molecular complexity index is 504. The lowest BCUT2D eigenvalue weighted by Gasteiger charge is -2.22. The highest BCUT2D eigenvalue weighted by atomic mass is 19.1. The second-order valence-electron chi connectivity index (χ2n) is 4.09. The van der Waals surface area contributed by atoms with E-state index in [1.165, 1.54) is 6.07 Å². The Morgan fingerprint density at radius 3 is 2.44 bits per heavy atom. The van der Waals surface area contributed by atoms with Crippen molar-refractivity contribution in [1.29, 1.82) is 0 Å². The van der Waals surface area contributed by atoms with E-state index in [1.807, 2.05) is 0 Å². The minimum atomic E-state index is -0.960. The highest BCUT2D eigenvalue weighted by Crippen LogP contribution is 2.30. The second-order valence-corrected chi connectivity index (χ2v) is 4.09. The van der Waals surface area contributed by atoms with Gasteiger partial charge in [0, 0.05) is 30.4 Å². The summed E-state index contributed by atoms with van der Waals surface area (Å²) in [5.41, 5.74) is 6.81. The zero-order valence-electron chi connectivity index (χ0n) is 9.83. The maximum atomic E-state index is 13.6. The molecule has 4 heteroatoms. The summed E-state index contributed by atoms with van der Waals surface area (Å²) in [5.74, 6) is -0.762. The number of benzene rings is 1. The molecule has 0 saturated carbocycles. The van der Waals surface area contributed by atoms with Gasteiger partial charge in [0.05, 0.1) is 6.10 Å². The van der Waals surface area contributed by atoms with Gasteiger partial charge in [-0.1, -0.05) is 18.2 Å². The number of aliphatic hydroxyl groups excluding tert-OH is 1. The monoisotopic (exact) mass is 246 g/mol. The minimum absolute atomic E-state index is 0.236. The first kappa shape index (κ1) is 12.7. The van der Waals surface area contributed by atoms with E-state index < -0.39 is 11.9 Å². The van der Waals surface area contributed by atoms with Crippen LogP contribution in [0, 0.1) is 5.82 Å². The molecule has 18 heavy (non-hydrogen) atoms. The predicted octanol–water partition coefficient (Wildman–Crippen LogP) is 2.00. The van der Waals surface area contributed by atoms with Gasteiger partial charge in [-0.3, -0.25) is 4.98 Å². The molecule has 0 aliphatic heterocycles. The molecule has 3 nitrogen and oxygen atoms in total. The van der Waals surface area contributed by atoms with Gasteiger partial charge in [0.15, 0.2) is 0 Å². The van der Waals surface area contributed by atoms with Gasteiger partial charge >= 0.3 is 0 Å².